The minimum absolute atomic E-state index is 0.189. The molecule has 1 saturated heterocycles. The second kappa shape index (κ2) is 5.85. The van der Waals surface area contributed by atoms with Gasteiger partial charge in [-0.25, -0.2) is 0 Å². The molecule has 0 aromatic carbocycles. The van der Waals surface area contributed by atoms with Crippen molar-refractivity contribution >= 4 is 5.91 Å². The summed E-state index contributed by atoms with van der Waals surface area (Å²) in [5.74, 6) is 1.13. The number of carbonyl (C=O) groups is 1. The molecule has 1 aliphatic heterocycles. The molecule has 1 aliphatic carbocycles. The highest BCUT2D eigenvalue weighted by molar-refractivity contribution is 5.76. The Labute approximate surface area is 105 Å². The van der Waals surface area contributed by atoms with Crippen molar-refractivity contribution in [2.45, 2.75) is 70.4 Å². The summed E-state index contributed by atoms with van der Waals surface area (Å²) in [5.41, 5.74) is 5.95. The minimum Gasteiger partial charge on any atom is -0.338 e. The van der Waals surface area contributed by atoms with Gasteiger partial charge in [0, 0.05) is 25.0 Å². The number of hydrogen-bond acceptors (Lipinski definition) is 2. The van der Waals surface area contributed by atoms with Crippen LogP contribution in [0.2, 0.25) is 0 Å². The number of rotatable bonds is 3. The lowest BCUT2D eigenvalue weighted by atomic mass is 9.86. The number of hydrogen-bond donors (Lipinski definition) is 1. The normalized spacial score (nSPS) is 30.8. The van der Waals surface area contributed by atoms with E-state index in [-0.39, 0.29) is 12.1 Å². The quantitative estimate of drug-likeness (QED) is 0.820. The maximum absolute atomic E-state index is 12.1. The molecule has 2 atom stereocenters. The molecule has 17 heavy (non-hydrogen) atoms. The first-order valence-electron chi connectivity index (χ1n) is 7.23. The molecule has 1 saturated carbocycles. The van der Waals surface area contributed by atoms with Gasteiger partial charge in [0.15, 0.2) is 0 Å². The van der Waals surface area contributed by atoms with Crippen LogP contribution >= 0.6 is 0 Å². The van der Waals surface area contributed by atoms with Crippen LogP contribution in [0.4, 0.5) is 0 Å². The van der Waals surface area contributed by atoms with Gasteiger partial charge in [-0.1, -0.05) is 32.1 Å². The van der Waals surface area contributed by atoms with E-state index >= 15 is 0 Å². The van der Waals surface area contributed by atoms with Crippen LogP contribution in [-0.4, -0.2) is 29.4 Å². The first-order chi connectivity index (χ1) is 8.18. The summed E-state index contributed by atoms with van der Waals surface area (Å²) in [5, 5.41) is 0. The minimum atomic E-state index is 0.189. The first kappa shape index (κ1) is 12.9. The van der Waals surface area contributed by atoms with Crippen LogP contribution in [-0.2, 0) is 4.79 Å². The lowest BCUT2D eigenvalue weighted by Crippen LogP contribution is -2.40. The van der Waals surface area contributed by atoms with Crippen molar-refractivity contribution in [3.63, 3.8) is 0 Å². The zero-order chi connectivity index (χ0) is 12.3. The van der Waals surface area contributed by atoms with Gasteiger partial charge in [-0.2, -0.15) is 0 Å². The number of nitrogens with two attached hydrogens (primary N) is 1. The SMILES string of the molecule is CC1C(N)CCN1C(=O)CCC1CCCCC1. The molecular weight excluding hydrogens is 212 g/mol. The second-order valence-corrected chi connectivity index (χ2v) is 5.82. The summed E-state index contributed by atoms with van der Waals surface area (Å²) < 4.78 is 0. The molecule has 0 radical (unpaired) electrons. The van der Waals surface area contributed by atoms with E-state index in [0.717, 1.165) is 31.7 Å². The third-order valence-electron chi connectivity index (χ3n) is 4.63. The fraction of sp³-hybridized carbons (Fsp3) is 0.929. The third kappa shape index (κ3) is 3.21. The Bertz CT molecular complexity index is 261. The van der Waals surface area contributed by atoms with Crippen molar-refractivity contribution in [1.82, 2.24) is 4.90 Å². The van der Waals surface area contributed by atoms with Crippen molar-refractivity contribution in [1.29, 1.82) is 0 Å². The Morgan fingerprint density at radius 3 is 2.53 bits per heavy atom. The number of nitrogens with zero attached hydrogens (tertiary/aromatic N) is 1. The van der Waals surface area contributed by atoms with Crippen molar-refractivity contribution in [2.75, 3.05) is 6.54 Å². The van der Waals surface area contributed by atoms with Crippen LogP contribution in [0.3, 0.4) is 0 Å². The average Bonchev–Trinajstić information content (AvgIpc) is 2.69. The van der Waals surface area contributed by atoms with E-state index < -0.39 is 0 Å². The molecule has 3 heteroatoms. The molecule has 98 valence electrons. The largest absolute Gasteiger partial charge is 0.338 e. The van der Waals surface area contributed by atoms with E-state index in [0.29, 0.717) is 5.91 Å². The van der Waals surface area contributed by atoms with E-state index in [1.165, 1.54) is 32.1 Å². The molecule has 3 nitrogen and oxygen atoms in total. The summed E-state index contributed by atoms with van der Waals surface area (Å²) in [6.07, 6.45) is 9.59. The number of carbonyl (C=O) groups excluding carboxylic acids is 1. The van der Waals surface area contributed by atoms with E-state index in [2.05, 4.69) is 6.92 Å². The molecule has 0 aromatic rings. The summed E-state index contributed by atoms with van der Waals surface area (Å²) in [7, 11) is 0. The molecule has 2 unspecified atom stereocenters. The number of amides is 1. The number of likely N-dealkylation sites (tertiary alicyclic amines) is 1. The fourth-order valence-corrected chi connectivity index (χ4v) is 3.26. The van der Waals surface area contributed by atoms with Gasteiger partial charge in [0.05, 0.1) is 0 Å². The average molecular weight is 238 g/mol. The standard InChI is InChI=1S/C14H26N2O/c1-11-13(15)9-10-16(11)14(17)8-7-12-5-3-2-4-6-12/h11-13H,2-10,15H2,1H3. The van der Waals surface area contributed by atoms with Crippen molar-refractivity contribution in [3.05, 3.63) is 0 Å². The van der Waals surface area contributed by atoms with Gasteiger partial charge in [0.1, 0.15) is 0 Å². The zero-order valence-electron chi connectivity index (χ0n) is 11.0. The third-order valence-corrected chi connectivity index (χ3v) is 4.63. The monoisotopic (exact) mass is 238 g/mol. The smallest absolute Gasteiger partial charge is 0.222 e. The Morgan fingerprint density at radius 1 is 1.24 bits per heavy atom. The zero-order valence-corrected chi connectivity index (χ0v) is 11.0. The van der Waals surface area contributed by atoms with Crippen LogP contribution < -0.4 is 5.73 Å². The van der Waals surface area contributed by atoms with Gasteiger partial charge in [-0.15, -0.1) is 0 Å². The van der Waals surface area contributed by atoms with Gasteiger partial charge in [-0.05, 0) is 25.7 Å². The van der Waals surface area contributed by atoms with Crippen molar-refractivity contribution in [3.8, 4) is 0 Å². The molecule has 0 spiro atoms. The molecule has 1 heterocycles. The van der Waals surface area contributed by atoms with Gasteiger partial charge in [0.2, 0.25) is 5.91 Å². The maximum atomic E-state index is 12.1. The van der Waals surface area contributed by atoms with Crippen LogP contribution in [0.1, 0.15) is 58.3 Å². The van der Waals surface area contributed by atoms with Crippen LogP contribution in [0.25, 0.3) is 0 Å². The van der Waals surface area contributed by atoms with E-state index in [9.17, 15) is 4.79 Å². The molecule has 0 aromatic heterocycles. The first-order valence-corrected chi connectivity index (χ1v) is 7.23. The van der Waals surface area contributed by atoms with E-state index in [1.54, 1.807) is 0 Å². The lowest BCUT2D eigenvalue weighted by molar-refractivity contribution is -0.132. The summed E-state index contributed by atoms with van der Waals surface area (Å²) in [6.45, 7) is 2.95. The van der Waals surface area contributed by atoms with Gasteiger partial charge < -0.3 is 10.6 Å². The van der Waals surface area contributed by atoms with Gasteiger partial charge in [0.25, 0.3) is 0 Å². The molecule has 2 rings (SSSR count). The maximum Gasteiger partial charge on any atom is 0.222 e. The Hall–Kier alpha value is -0.570. The molecule has 1 amide bonds. The summed E-state index contributed by atoms with van der Waals surface area (Å²) in [4.78, 5) is 14.1. The fourth-order valence-electron chi connectivity index (χ4n) is 3.26. The van der Waals surface area contributed by atoms with Crippen LogP contribution in [0.15, 0.2) is 0 Å². The molecule has 2 N–H and O–H groups in total. The van der Waals surface area contributed by atoms with E-state index in [1.807, 2.05) is 4.90 Å². The highest BCUT2D eigenvalue weighted by Crippen LogP contribution is 2.28. The van der Waals surface area contributed by atoms with E-state index in [4.69, 9.17) is 5.73 Å². The predicted octanol–water partition coefficient (Wildman–Crippen LogP) is 2.29. The van der Waals surface area contributed by atoms with Crippen LogP contribution in [0, 0.1) is 5.92 Å². The molecule has 2 fully saturated rings. The Kier molecular flexibility index (Phi) is 4.43. The molecule has 0 bridgehead atoms. The van der Waals surface area contributed by atoms with Crippen LogP contribution in [0.5, 0.6) is 0 Å². The second-order valence-electron chi connectivity index (χ2n) is 5.82. The van der Waals surface area contributed by atoms with Gasteiger partial charge in [-0.3, -0.25) is 4.79 Å². The molecule has 2 aliphatic rings. The highest BCUT2D eigenvalue weighted by atomic mass is 16.2. The van der Waals surface area contributed by atoms with Crippen molar-refractivity contribution < 1.29 is 4.79 Å². The Morgan fingerprint density at radius 2 is 1.94 bits per heavy atom. The van der Waals surface area contributed by atoms with Gasteiger partial charge >= 0.3 is 0 Å². The summed E-state index contributed by atoms with van der Waals surface area (Å²) >= 11 is 0. The summed E-state index contributed by atoms with van der Waals surface area (Å²) in [6, 6.07) is 0.433. The van der Waals surface area contributed by atoms with Crippen molar-refractivity contribution in [2.24, 2.45) is 11.7 Å². The Balaban J connectivity index is 1.73. The lowest BCUT2D eigenvalue weighted by Gasteiger charge is -2.25. The topological polar surface area (TPSA) is 46.3 Å². The molecular formula is C14H26N2O. The highest BCUT2D eigenvalue weighted by Gasteiger charge is 2.31. The predicted molar refractivity (Wildman–Crippen MR) is 69.6 cm³/mol.